The van der Waals surface area contributed by atoms with Gasteiger partial charge in [0.15, 0.2) is 0 Å². The molecule has 1 heterocycles. The van der Waals surface area contributed by atoms with E-state index in [1.165, 1.54) is 25.7 Å². The maximum absolute atomic E-state index is 4.73. The fourth-order valence-electron chi connectivity index (χ4n) is 2.92. The molecule has 4 nitrogen and oxygen atoms in total. The number of nitrogens with one attached hydrogen (secondary N) is 2. The Hall–Kier alpha value is -2.10. The molecule has 4 heteroatoms. The highest BCUT2D eigenvalue weighted by atomic mass is 15.2. The van der Waals surface area contributed by atoms with Gasteiger partial charge in [-0.3, -0.25) is 0 Å². The van der Waals surface area contributed by atoms with Crippen LogP contribution in [0.1, 0.15) is 39.5 Å². The van der Waals surface area contributed by atoms with Crippen LogP contribution in [-0.4, -0.2) is 22.6 Å². The summed E-state index contributed by atoms with van der Waals surface area (Å²) in [5, 5.41) is 6.95. The summed E-state index contributed by atoms with van der Waals surface area (Å²) in [7, 11) is 0. The van der Waals surface area contributed by atoms with E-state index in [1.54, 1.807) is 0 Å². The van der Waals surface area contributed by atoms with Crippen LogP contribution in [0.3, 0.4) is 0 Å². The third-order valence-electron chi connectivity index (χ3n) is 4.18. The molecule has 0 bridgehead atoms. The van der Waals surface area contributed by atoms with Crippen LogP contribution < -0.4 is 10.6 Å². The van der Waals surface area contributed by atoms with Gasteiger partial charge >= 0.3 is 0 Å². The summed E-state index contributed by atoms with van der Waals surface area (Å²) < 4.78 is 0. The topological polar surface area (TPSA) is 49.8 Å². The van der Waals surface area contributed by atoms with Gasteiger partial charge in [-0.2, -0.15) is 4.98 Å². The quantitative estimate of drug-likeness (QED) is 0.821. The smallest absolute Gasteiger partial charge is 0.225 e. The zero-order valence-corrected chi connectivity index (χ0v) is 14.0. The van der Waals surface area contributed by atoms with Crippen LogP contribution in [0.5, 0.6) is 0 Å². The lowest BCUT2D eigenvalue weighted by Gasteiger charge is -2.15. The Bertz CT molecular complexity index is 619. The maximum Gasteiger partial charge on any atom is 0.225 e. The van der Waals surface area contributed by atoms with Gasteiger partial charge in [-0.05, 0) is 18.8 Å². The number of hydrogen-bond acceptors (Lipinski definition) is 4. The molecular weight excluding hydrogens is 284 g/mol. The number of rotatable bonds is 6. The van der Waals surface area contributed by atoms with Crippen molar-refractivity contribution in [3.8, 4) is 11.3 Å². The van der Waals surface area contributed by atoms with E-state index >= 15 is 0 Å². The van der Waals surface area contributed by atoms with Crippen molar-refractivity contribution in [3.05, 3.63) is 36.4 Å². The lowest BCUT2D eigenvalue weighted by molar-refractivity contribution is 0.686. The molecule has 122 valence electrons. The van der Waals surface area contributed by atoms with Gasteiger partial charge in [0.25, 0.3) is 0 Å². The summed E-state index contributed by atoms with van der Waals surface area (Å²) in [6, 6.07) is 12.9. The van der Waals surface area contributed by atoms with Gasteiger partial charge in [-0.15, -0.1) is 0 Å². The Morgan fingerprint density at radius 1 is 1.09 bits per heavy atom. The van der Waals surface area contributed by atoms with Gasteiger partial charge in [-0.1, -0.05) is 57.0 Å². The Kier molecular flexibility index (Phi) is 5.11. The Morgan fingerprint density at radius 2 is 1.83 bits per heavy atom. The van der Waals surface area contributed by atoms with E-state index in [2.05, 4.69) is 41.6 Å². The third kappa shape index (κ3) is 4.44. The molecule has 0 radical (unpaired) electrons. The SMILES string of the molecule is CC(C)CNc1cc(-c2ccccc2)nc(NC2CCCC2)n1. The number of anilines is 2. The highest BCUT2D eigenvalue weighted by Crippen LogP contribution is 2.24. The molecular formula is C19H26N4. The van der Waals surface area contributed by atoms with Gasteiger partial charge in [0.1, 0.15) is 5.82 Å². The van der Waals surface area contributed by atoms with Crippen LogP contribution in [-0.2, 0) is 0 Å². The first-order valence-electron chi connectivity index (χ1n) is 8.65. The molecule has 1 aromatic carbocycles. The molecule has 2 aromatic rings. The van der Waals surface area contributed by atoms with Gasteiger partial charge in [0.05, 0.1) is 5.69 Å². The molecule has 2 N–H and O–H groups in total. The lowest BCUT2D eigenvalue weighted by Crippen LogP contribution is -2.18. The highest BCUT2D eigenvalue weighted by molar-refractivity contribution is 5.64. The molecule has 0 saturated heterocycles. The van der Waals surface area contributed by atoms with Gasteiger partial charge in [0, 0.05) is 24.2 Å². The summed E-state index contributed by atoms with van der Waals surface area (Å²) >= 11 is 0. The van der Waals surface area contributed by atoms with Crippen LogP contribution in [0.25, 0.3) is 11.3 Å². The molecule has 1 aromatic heterocycles. The lowest BCUT2D eigenvalue weighted by atomic mass is 10.1. The monoisotopic (exact) mass is 310 g/mol. The van der Waals surface area contributed by atoms with Crippen molar-refractivity contribution in [2.75, 3.05) is 17.2 Å². The van der Waals surface area contributed by atoms with E-state index in [-0.39, 0.29) is 0 Å². The predicted octanol–water partition coefficient (Wildman–Crippen LogP) is 4.57. The van der Waals surface area contributed by atoms with Crippen LogP contribution in [0, 0.1) is 5.92 Å². The highest BCUT2D eigenvalue weighted by Gasteiger charge is 2.16. The second kappa shape index (κ2) is 7.44. The Morgan fingerprint density at radius 3 is 2.52 bits per heavy atom. The third-order valence-corrected chi connectivity index (χ3v) is 4.18. The van der Waals surface area contributed by atoms with Gasteiger partial charge in [0.2, 0.25) is 5.95 Å². The first-order valence-corrected chi connectivity index (χ1v) is 8.65. The molecule has 0 amide bonds. The number of aromatic nitrogens is 2. The molecule has 0 aliphatic heterocycles. The minimum atomic E-state index is 0.513. The van der Waals surface area contributed by atoms with Crippen LogP contribution in [0.15, 0.2) is 36.4 Å². The van der Waals surface area contributed by atoms with E-state index in [0.717, 1.165) is 29.6 Å². The van der Waals surface area contributed by atoms with Crippen LogP contribution in [0.2, 0.25) is 0 Å². The summed E-state index contributed by atoms with van der Waals surface area (Å²) in [5.74, 6) is 2.22. The second-order valence-corrected chi connectivity index (χ2v) is 6.73. The van der Waals surface area contributed by atoms with E-state index in [1.807, 2.05) is 24.3 Å². The number of hydrogen-bond donors (Lipinski definition) is 2. The van der Waals surface area contributed by atoms with Crippen molar-refractivity contribution < 1.29 is 0 Å². The summed E-state index contributed by atoms with van der Waals surface area (Å²) in [6.45, 7) is 5.31. The standard InChI is InChI=1S/C19H26N4/c1-14(2)13-20-18-12-17(15-8-4-3-5-9-15)22-19(23-18)21-16-10-6-7-11-16/h3-5,8-9,12,14,16H,6-7,10-11,13H2,1-2H3,(H2,20,21,22,23). The molecule has 23 heavy (non-hydrogen) atoms. The van der Waals surface area contributed by atoms with Crippen molar-refractivity contribution in [1.82, 2.24) is 9.97 Å². The number of benzene rings is 1. The van der Waals surface area contributed by atoms with Crippen molar-refractivity contribution in [1.29, 1.82) is 0 Å². The molecule has 0 spiro atoms. The molecule has 1 fully saturated rings. The fourth-order valence-corrected chi connectivity index (χ4v) is 2.92. The van der Waals surface area contributed by atoms with Gasteiger partial charge in [-0.25, -0.2) is 4.98 Å². The second-order valence-electron chi connectivity index (χ2n) is 6.73. The molecule has 0 atom stereocenters. The van der Waals surface area contributed by atoms with Crippen molar-refractivity contribution in [2.45, 2.75) is 45.6 Å². The summed E-state index contributed by atoms with van der Waals surface area (Å²) in [5.41, 5.74) is 2.09. The maximum atomic E-state index is 4.73. The van der Waals surface area contributed by atoms with Crippen LogP contribution >= 0.6 is 0 Å². The molecule has 0 unspecified atom stereocenters. The average Bonchev–Trinajstić information content (AvgIpc) is 3.06. The van der Waals surface area contributed by atoms with Crippen molar-refractivity contribution >= 4 is 11.8 Å². The molecule has 1 aliphatic carbocycles. The molecule has 3 rings (SSSR count). The zero-order valence-electron chi connectivity index (χ0n) is 14.0. The fraction of sp³-hybridized carbons (Fsp3) is 0.474. The Labute approximate surface area is 138 Å². The molecule has 1 aliphatic rings. The zero-order chi connectivity index (χ0) is 16.1. The normalized spacial score (nSPS) is 15.1. The van der Waals surface area contributed by atoms with Gasteiger partial charge < -0.3 is 10.6 Å². The first-order chi connectivity index (χ1) is 11.2. The van der Waals surface area contributed by atoms with E-state index in [4.69, 9.17) is 4.98 Å². The summed E-state index contributed by atoms with van der Waals surface area (Å²) in [4.78, 5) is 9.39. The van der Waals surface area contributed by atoms with Crippen molar-refractivity contribution in [2.24, 2.45) is 5.92 Å². The summed E-state index contributed by atoms with van der Waals surface area (Å²) in [6.07, 6.45) is 5.03. The Balaban J connectivity index is 1.86. The minimum absolute atomic E-state index is 0.513. The largest absolute Gasteiger partial charge is 0.370 e. The van der Waals surface area contributed by atoms with E-state index in [9.17, 15) is 0 Å². The van der Waals surface area contributed by atoms with E-state index in [0.29, 0.717) is 12.0 Å². The predicted molar refractivity (Wildman–Crippen MR) is 96.7 cm³/mol. The first kappa shape index (κ1) is 15.8. The molecule has 1 saturated carbocycles. The minimum Gasteiger partial charge on any atom is -0.370 e. The van der Waals surface area contributed by atoms with Crippen LogP contribution in [0.4, 0.5) is 11.8 Å². The van der Waals surface area contributed by atoms with E-state index < -0.39 is 0 Å². The average molecular weight is 310 g/mol. The number of nitrogens with zero attached hydrogens (tertiary/aromatic N) is 2. The van der Waals surface area contributed by atoms with Crippen molar-refractivity contribution in [3.63, 3.8) is 0 Å².